The average molecular weight is 325 g/mol. The van der Waals surface area contributed by atoms with Crippen LogP contribution in [0, 0.1) is 5.41 Å². The van der Waals surface area contributed by atoms with Crippen LogP contribution >= 0.6 is 0 Å². The summed E-state index contributed by atoms with van der Waals surface area (Å²) in [4.78, 5) is 0. The Hall–Kier alpha value is -0.140. The number of nitrogens with one attached hydrogen (secondary N) is 1. The van der Waals surface area contributed by atoms with Gasteiger partial charge in [-0.05, 0) is 24.8 Å². The second-order valence-electron chi connectivity index (χ2n) is 6.45. The van der Waals surface area contributed by atoms with Crippen molar-refractivity contribution in [2.45, 2.75) is 51.3 Å². The average Bonchev–Trinajstić information content (AvgIpc) is 2.28. The Morgan fingerprint density at radius 1 is 1.15 bits per heavy atom. The van der Waals surface area contributed by atoms with Crippen LogP contribution < -0.4 is 5.32 Å². The molecule has 2 atom stereocenters. The van der Waals surface area contributed by atoms with Crippen LogP contribution in [0.25, 0.3) is 0 Å². The highest BCUT2D eigenvalue weighted by molar-refractivity contribution is 7.95. The van der Waals surface area contributed by atoms with Gasteiger partial charge in [-0.25, -0.2) is 16.8 Å². The molecule has 0 aliphatic heterocycles. The van der Waals surface area contributed by atoms with E-state index in [9.17, 15) is 16.8 Å². The van der Waals surface area contributed by atoms with Crippen molar-refractivity contribution < 1.29 is 16.8 Å². The molecule has 0 aromatic carbocycles. The van der Waals surface area contributed by atoms with Crippen LogP contribution in [-0.4, -0.2) is 52.4 Å². The Labute approximate surface area is 123 Å². The van der Waals surface area contributed by atoms with Gasteiger partial charge in [-0.1, -0.05) is 27.2 Å². The molecule has 0 radical (unpaired) electrons. The molecule has 0 bridgehead atoms. The van der Waals surface area contributed by atoms with Crippen LogP contribution in [0.1, 0.15) is 40.0 Å². The van der Waals surface area contributed by atoms with Crippen molar-refractivity contribution >= 4 is 19.7 Å². The second-order valence-corrected chi connectivity index (χ2v) is 11.1. The first-order chi connectivity index (χ1) is 8.99. The maximum absolute atomic E-state index is 12.5. The van der Waals surface area contributed by atoms with Crippen molar-refractivity contribution in [1.29, 1.82) is 0 Å². The molecule has 7 heteroatoms. The van der Waals surface area contributed by atoms with Crippen LogP contribution in [0.4, 0.5) is 0 Å². The Morgan fingerprint density at radius 2 is 1.75 bits per heavy atom. The first kappa shape index (κ1) is 17.9. The summed E-state index contributed by atoms with van der Waals surface area (Å²) in [5.74, 6) is -0.556. The van der Waals surface area contributed by atoms with Gasteiger partial charge < -0.3 is 5.32 Å². The lowest BCUT2D eigenvalue weighted by atomic mass is 9.73. The molecule has 0 spiro atoms. The monoisotopic (exact) mass is 325 g/mol. The molecule has 1 aliphatic rings. The van der Waals surface area contributed by atoms with E-state index in [1.807, 2.05) is 6.92 Å². The zero-order chi connectivity index (χ0) is 15.6. The SMILES string of the molecule is CCNC1C(S(=O)(=O)CCS(C)(=O)=O)CCCC1(C)C. The summed E-state index contributed by atoms with van der Waals surface area (Å²) in [5.41, 5.74) is -0.0862. The van der Waals surface area contributed by atoms with E-state index in [-0.39, 0.29) is 23.0 Å². The third-order valence-corrected chi connectivity index (χ3v) is 7.56. The minimum absolute atomic E-state index is 0.0862. The van der Waals surface area contributed by atoms with Crippen molar-refractivity contribution in [2.24, 2.45) is 5.41 Å². The van der Waals surface area contributed by atoms with E-state index in [2.05, 4.69) is 19.2 Å². The van der Waals surface area contributed by atoms with Crippen LogP contribution in [0.5, 0.6) is 0 Å². The minimum Gasteiger partial charge on any atom is -0.312 e. The fourth-order valence-corrected chi connectivity index (χ4v) is 6.87. The van der Waals surface area contributed by atoms with Crippen LogP contribution in [-0.2, 0) is 19.7 Å². The lowest BCUT2D eigenvalue weighted by molar-refractivity contribution is 0.172. The largest absolute Gasteiger partial charge is 0.312 e. The third-order valence-electron chi connectivity index (χ3n) is 4.15. The molecule has 1 saturated carbocycles. The summed E-state index contributed by atoms with van der Waals surface area (Å²) in [5, 5.41) is 2.82. The van der Waals surface area contributed by atoms with Crippen molar-refractivity contribution in [3.8, 4) is 0 Å². The van der Waals surface area contributed by atoms with E-state index < -0.39 is 24.9 Å². The number of sulfone groups is 2. The second kappa shape index (κ2) is 6.32. The van der Waals surface area contributed by atoms with Gasteiger partial charge in [0.2, 0.25) is 0 Å². The lowest BCUT2D eigenvalue weighted by Crippen LogP contribution is -2.55. The molecular weight excluding hydrogens is 298 g/mol. The maximum atomic E-state index is 12.5. The quantitative estimate of drug-likeness (QED) is 0.788. The van der Waals surface area contributed by atoms with E-state index in [1.54, 1.807) is 0 Å². The number of rotatable bonds is 6. The topological polar surface area (TPSA) is 80.3 Å². The molecule has 0 saturated heterocycles. The zero-order valence-corrected chi connectivity index (χ0v) is 14.5. The van der Waals surface area contributed by atoms with Crippen molar-refractivity contribution in [1.82, 2.24) is 5.32 Å². The van der Waals surface area contributed by atoms with E-state index in [0.717, 1.165) is 19.1 Å². The fraction of sp³-hybridized carbons (Fsp3) is 1.00. The fourth-order valence-electron chi connectivity index (χ4n) is 3.02. The van der Waals surface area contributed by atoms with Gasteiger partial charge in [0, 0.05) is 12.3 Å². The third kappa shape index (κ3) is 4.70. The van der Waals surface area contributed by atoms with Gasteiger partial charge in [0.25, 0.3) is 0 Å². The molecule has 1 fully saturated rings. The van der Waals surface area contributed by atoms with Crippen LogP contribution in [0.15, 0.2) is 0 Å². The Balaban J connectivity index is 2.95. The summed E-state index contributed by atoms with van der Waals surface area (Å²) in [6, 6.07) is -0.106. The molecular formula is C13H27NO4S2. The van der Waals surface area contributed by atoms with Crippen LogP contribution in [0.2, 0.25) is 0 Å². The molecule has 1 rings (SSSR count). The highest BCUT2D eigenvalue weighted by Gasteiger charge is 2.44. The summed E-state index contributed by atoms with van der Waals surface area (Å²) >= 11 is 0. The standard InChI is InChI=1S/C13H27NO4S2/c1-5-14-12-11(7-6-8-13(12,2)3)20(17,18)10-9-19(4,15)16/h11-12,14H,5-10H2,1-4H3. The lowest BCUT2D eigenvalue weighted by Gasteiger charge is -2.44. The molecule has 1 aliphatic carbocycles. The highest BCUT2D eigenvalue weighted by atomic mass is 32.2. The van der Waals surface area contributed by atoms with Gasteiger partial charge >= 0.3 is 0 Å². The van der Waals surface area contributed by atoms with E-state index >= 15 is 0 Å². The summed E-state index contributed by atoms with van der Waals surface area (Å²) < 4.78 is 47.4. The molecule has 0 heterocycles. The Morgan fingerprint density at radius 3 is 2.25 bits per heavy atom. The highest BCUT2D eigenvalue weighted by Crippen LogP contribution is 2.38. The molecule has 120 valence electrons. The van der Waals surface area contributed by atoms with Gasteiger partial charge in [-0.2, -0.15) is 0 Å². The normalized spacial score (nSPS) is 27.4. The maximum Gasteiger partial charge on any atom is 0.155 e. The molecule has 0 aromatic rings. The van der Waals surface area contributed by atoms with Gasteiger partial charge in [0.15, 0.2) is 9.84 Å². The van der Waals surface area contributed by atoms with Crippen molar-refractivity contribution in [3.63, 3.8) is 0 Å². The number of hydrogen-bond acceptors (Lipinski definition) is 5. The molecule has 0 amide bonds. The molecule has 20 heavy (non-hydrogen) atoms. The molecule has 1 N–H and O–H groups in total. The van der Waals surface area contributed by atoms with E-state index in [4.69, 9.17) is 0 Å². The van der Waals surface area contributed by atoms with E-state index in [0.29, 0.717) is 13.0 Å². The summed E-state index contributed by atoms with van der Waals surface area (Å²) in [6.07, 6.45) is 3.56. The van der Waals surface area contributed by atoms with Crippen LogP contribution in [0.3, 0.4) is 0 Å². The van der Waals surface area contributed by atoms with Crippen molar-refractivity contribution in [2.75, 3.05) is 24.3 Å². The first-order valence-electron chi connectivity index (χ1n) is 7.12. The van der Waals surface area contributed by atoms with Gasteiger partial charge in [-0.3, -0.25) is 0 Å². The summed E-state index contributed by atoms with van der Waals surface area (Å²) in [7, 11) is -6.65. The Bertz CT molecular complexity index is 523. The van der Waals surface area contributed by atoms with Gasteiger partial charge in [0.1, 0.15) is 9.84 Å². The van der Waals surface area contributed by atoms with Crippen molar-refractivity contribution in [3.05, 3.63) is 0 Å². The molecule has 2 unspecified atom stereocenters. The minimum atomic E-state index is -3.40. The predicted octanol–water partition coefficient (Wildman–Crippen LogP) is 1.00. The summed E-state index contributed by atoms with van der Waals surface area (Å²) in [6.45, 7) is 6.84. The zero-order valence-electron chi connectivity index (χ0n) is 12.8. The van der Waals surface area contributed by atoms with Gasteiger partial charge in [-0.15, -0.1) is 0 Å². The molecule has 5 nitrogen and oxygen atoms in total. The predicted molar refractivity (Wildman–Crippen MR) is 82.4 cm³/mol. The van der Waals surface area contributed by atoms with Gasteiger partial charge in [0.05, 0.1) is 16.8 Å². The Kier molecular flexibility index (Phi) is 5.66. The first-order valence-corrected chi connectivity index (χ1v) is 10.9. The molecule has 0 aromatic heterocycles. The number of hydrogen-bond donors (Lipinski definition) is 1. The smallest absolute Gasteiger partial charge is 0.155 e. The van der Waals surface area contributed by atoms with E-state index in [1.165, 1.54) is 0 Å².